The van der Waals surface area contributed by atoms with Gasteiger partial charge in [-0.15, -0.1) is 29.3 Å². The van der Waals surface area contributed by atoms with E-state index < -0.39 is 60.7 Å². The molecule has 0 spiro atoms. The molecule has 4 nitrogen and oxygen atoms in total. The Hall–Kier alpha value is -5.57. The van der Waals surface area contributed by atoms with E-state index in [1.165, 1.54) is 0 Å². The molecule has 322 valence electrons. The average Bonchev–Trinajstić information content (AvgIpc) is 3.70. The van der Waals surface area contributed by atoms with Crippen molar-refractivity contribution in [1.82, 2.24) is 14.5 Å². The number of aryl methyl sites for hydroxylation is 3. The van der Waals surface area contributed by atoms with E-state index >= 15 is 0 Å². The smallest absolute Gasteiger partial charge is 0.665 e. The van der Waals surface area contributed by atoms with Gasteiger partial charge in [0, 0.05) is 16.0 Å². The molecule has 0 radical (unpaired) electrons. The third-order valence-corrected chi connectivity index (χ3v) is 11.3. The zero-order valence-electron chi connectivity index (χ0n) is 48.8. The maximum Gasteiger partial charge on any atom is 2.00 e. The predicted octanol–water partition coefficient (Wildman–Crippen LogP) is 15.5. The van der Waals surface area contributed by atoms with Crippen molar-refractivity contribution >= 4 is 11.0 Å². The SMILES string of the molecule is [2H]c1nc(-c2[c-]c(-c3cccc4c3nc(-c3cc(C)cc(C)c3O[CH2-])n4-c3ccc(-c4cc(C(C)(C)C)cc(C(C)(C)C)c4)cc3C([2H])([2H])[2H])cc(C(C)(C)C)c2)c([2H])c(-c2c([2H])c([2H])c([2H])c([2H])c2[2H])c1[2H].[Pt+2]. The van der Waals surface area contributed by atoms with Crippen LogP contribution in [-0.4, -0.2) is 14.5 Å². The molecule has 63 heavy (non-hydrogen) atoms. The first kappa shape index (κ1) is 33.0. The minimum atomic E-state index is -2.59. The van der Waals surface area contributed by atoms with Gasteiger partial charge in [-0.2, -0.15) is 7.11 Å². The molecule has 0 bridgehead atoms. The molecule has 0 unspecified atom stereocenters. The fourth-order valence-electron chi connectivity index (χ4n) is 7.84. The van der Waals surface area contributed by atoms with Crippen molar-refractivity contribution < 1.29 is 40.9 Å². The van der Waals surface area contributed by atoms with E-state index in [1.54, 1.807) is 12.1 Å². The van der Waals surface area contributed by atoms with Crippen LogP contribution in [0.15, 0.2) is 127 Å². The maximum atomic E-state index is 9.49. The van der Waals surface area contributed by atoms with E-state index in [9.17, 15) is 1.37 Å². The first-order valence-corrected chi connectivity index (χ1v) is 20.8. The Morgan fingerprint density at radius 3 is 1.98 bits per heavy atom. The minimum Gasteiger partial charge on any atom is -0.665 e. The van der Waals surface area contributed by atoms with Crippen LogP contribution in [0.3, 0.4) is 0 Å². The monoisotopic (exact) mass is 1020 g/mol. The van der Waals surface area contributed by atoms with Crippen molar-refractivity contribution in [2.45, 2.75) is 99.3 Å². The Labute approximate surface area is 405 Å². The Morgan fingerprint density at radius 2 is 1.33 bits per heavy atom. The van der Waals surface area contributed by atoms with Gasteiger partial charge in [-0.25, -0.2) is 4.98 Å². The van der Waals surface area contributed by atoms with Crippen LogP contribution in [0.25, 0.3) is 72.7 Å². The minimum absolute atomic E-state index is 0. The molecule has 0 N–H and O–H groups in total. The first-order chi connectivity index (χ1) is 33.8. The standard InChI is InChI=1S/C58H59N3O.Pt/c1-36-26-38(3)54(62-13)49(27-36)55-60-53-48(43-29-44(33-45(32-43)56(4,5)6)50-34-41(24-25-59-50)39-18-15-14-16-19-39)20-17-21-52(53)61(55)51-23-22-40(28-37(51)2)42-30-46(57(7,8)9)35-47(31-42)58(10,11)12;/h14-28,30-35H,13H2,1-12H3;/q-2;+2/i2D3,14D,15D,16D,18D,19D,24D,25D,34D;. The number of rotatable bonds is 7. The second-order valence-electron chi connectivity index (χ2n) is 19.2. The molecule has 2 aromatic heterocycles. The quantitative estimate of drug-likeness (QED) is 0.149. The number of ether oxygens (including phenoxy) is 1. The number of fused-ring (bicyclic) bond motifs is 1. The van der Waals surface area contributed by atoms with Crippen LogP contribution >= 0.6 is 0 Å². The van der Waals surface area contributed by atoms with Crippen molar-refractivity contribution in [2.24, 2.45) is 0 Å². The van der Waals surface area contributed by atoms with Gasteiger partial charge in [0.05, 0.1) is 39.0 Å². The number of nitrogens with zero attached hydrogens (tertiary/aromatic N) is 3. The number of benzene rings is 6. The second kappa shape index (κ2) is 17.2. The number of pyridine rings is 1. The fourth-order valence-corrected chi connectivity index (χ4v) is 7.84. The van der Waals surface area contributed by atoms with Crippen LogP contribution in [0.5, 0.6) is 5.75 Å². The van der Waals surface area contributed by atoms with Gasteiger partial charge in [-0.1, -0.05) is 152 Å². The molecule has 6 aromatic carbocycles. The zero-order valence-corrected chi connectivity index (χ0v) is 40.1. The normalized spacial score (nSPS) is 14.8. The molecule has 8 rings (SSSR count). The molecule has 2 heterocycles. The average molecular weight is 1020 g/mol. The summed E-state index contributed by atoms with van der Waals surface area (Å²) in [6.07, 6.45) is -0.557. The number of imidazole rings is 1. The van der Waals surface area contributed by atoms with Crippen LogP contribution in [0.1, 0.15) is 111 Å². The van der Waals surface area contributed by atoms with Gasteiger partial charge in [0.15, 0.2) is 0 Å². The Bertz CT molecular complexity index is 3500. The molecule has 0 aliphatic carbocycles. The van der Waals surface area contributed by atoms with Gasteiger partial charge >= 0.3 is 21.1 Å². The van der Waals surface area contributed by atoms with Gasteiger partial charge < -0.3 is 4.74 Å². The summed E-state index contributed by atoms with van der Waals surface area (Å²) >= 11 is 0. The number of hydrogen-bond acceptors (Lipinski definition) is 3. The summed E-state index contributed by atoms with van der Waals surface area (Å²) in [4.78, 5) is 9.81. The van der Waals surface area contributed by atoms with Crippen LogP contribution < -0.4 is 4.74 Å². The van der Waals surface area contributed by atoms with Crippen molar-refractivity contribution in [2.75, 3.05) is 0 Å². The van der Waals surface area contributed by atoms with E-state index in [1.807, 2.05) is 87.7 Å². The van der Waals surface area contributed by atoms with Gasteiger partial charge in [-0.3, -0.25) is 9.55 Å². The Balaban J connectivity index is 0.00000800. The fraction of sp³-hybridized carbons (Fsp3) is 0.259. The van der Waals surface area contributed by atoms with Crippen molar-refractivity contribution in [1.29, 1.82) is 0 Å². The molecule has 0 saturated heterocycles. The van der Waals surface area contributed by atoms with Crippen LogP contribution in [-0.2, 0) is 37.3 Å². The van der Waals surface area contributed by atoms with Crippen molar-refractivity contribution in [3.8, 4) is 67.5 Å². The summed E-state index contributed by atoms with van der Waals surface area (Å²) in [5.41, 5.74) is 8.26. The number of hydrogen-bond donors (Lipinski definition) is 0. The van der Waals surface area contributed by atoms with E-state index in [4.69, 9.17) is 23.4 Å². The summed E-state index contributed by atoms with van der Waals surface area (Å²) in [6, 6.07) is 24.7. The third kappa shape index (κ3) is 9.11. The molecule has 0 atom stereocenters. The maximum absolute atomic E-state index is 9.49. The molecular formula is C58H59N3OPt. The summed E-state index contributed by atoms with van der Waals surface area (Å²) < 4.78 is 104. The summed E-state index contributed by atoms with van der Waals surface area (Å²) in [5.74, 6) is 0.854. The first-order valence-electron chi connectivity index (χ1n) is 26.3. The topological polar surface area (TPSA) is 39.9 Å². The van der Waals surface area contributed by atoms with Gasteiger partial charge in [0.1, 0.15) is 5.82 Å². The Kier molecular flexibility index (Phi) is 9.01. The molecule has 0 amide bonds. The molecule has 0 saturated carbocycles. The molecule has 5 heteroatoms. The predicted molar refractivity (Wildman–Crippen MR) is 261 cm³/mol. The van der Waals surface area contributed by atoms with Crippen molar-refractivity contribution in [3.63, 3.8) is 0 Å². The summed E-state index contributed by atoms with van der Waals surface area (Å²) in [7, 11) is 3.82. The summed E-state index contributed by atoms with van der Waals surface area (Å²) in [5, 5.41) is 0. The summed E-state index contributed by atoms with van der Waals surface area (Å²) in [6.45, 7) is 20.3. The van der Waals surface area contributed by atoms with E-state index in [-0.39, 0.29) is 59.8 Å². The molecule has 0 aliphatic heterocycles. The van der Waals surface area contributed by atoms with Gasteiger partial charge in [0.25, 0.3) is 0 Å². The van der Waals surface area contributed by atoms with Gasteiger partial charge in [0.2, 0.25) is 0 Å². The van der Waals surface area contributed by atoms with Crippen molar-refractivity contribution in [3.05, 3.63) is 174 Å². The molecule has 0 fully saturated rings. The van der Waals surface area contributed by atoms with Gasteiger partial charge in [-0.05, 0) is 117 Å². The molecule has 8 aromatic rings. The third-order valence-electron chi connectivity index (χ3n) is 11.3. The van der Waals surface area contributed by atoms with E-state index in [0.29, 0.717) is 45.0 Å². The van der Waals surface area contributed by atoms with E-state index in [2.05, 4.69) is 77.9 Å². The zero-order chi connectivity index (χ0) is 53.8. The molecular weight excluding hydrogens is 950 g/mol. The largest absolute Gasteiger partial charge is 2.00 e. The van der Waals surface area contributed by atoms with Crippen LogP contribution in [0.4, 0.5) is 0 Å². The molecule has 0 aliphatic rings. The van der Waals surface area contributed by atoms with Crippen LogP contribution in [0, 0.1) is 33.9 Å². The van der Waals surface area contributed by atoms with Crippen LogP contribution in [0.2, 0.25) is 0 Å². The Morgan fingerprint density at radius 1 is 0.667 bits per heavy atom. The van der Waals surface area contributed by atoms with E-state index in [0.717, 1.165) is 38.9 Å². The number of para-hydroxylation sites is 1. The second-order valence-corrected chi connectivity index (χ2v) is 19.2. The number of aromatic nitrogens is 3.